The van der Waals surface area contributed by atoms with Crippen molar-refractivity contribution in [3.63, 3.8) is 0 Å². The number of nitrogens with zero attached hydrogens (tertiary/aromatic N) is 2. The fraction of sp³-hybridized carbons (Fsp3) is 0.556. The Morgan fingerprint density at radius 3 is 1.80 bits per heavy atom. The van der Waals surface area contributed by atoms with Gasteiger partial charge in [0.25, 0.3) is 0 Å². The molecule has 60 heavy (non-hydrogen) atoms. The molecule has 1 saturated heterocycles. The zero-order valence-corrected chi connectivity index (χ0v) is 34.0. The molecule has 0 unspecified atom stereocenters. The standard InChI is InChI=1S/C36H57N13O10S/c37-35(38)42-15-5-10-22(29(53)44-18-27(50)45-24(34(58)59)12-13-28(51)52)46-32(56)25(17-20-7-2-1-3-8-20)48-33(57)26(19-60)49-31(55)23(11-6-16-43-36(39)40)47-30(54)21-9-4-14-41-21/h1-3,7-8,21-26,41,60H,4-6,9-19H2,(H,44,53)(H,45,50)(H,46,56)(H,47,54)(H,48,57)(H,49,55)(H,51,52)(H,58,59)(H4,37,38,42)(H4,39,40,43)/t21-,22-,23-,24-,25-,26+/m0/s1. The van der Waals surface area contributed by atoms with Crippen molar-refractivity contribution in [3.05, 3.63) is 35.9 Å². The molecule has 17 N–H and O–H groups in total. The molecule has 1 aliphatic rings. The van der Waals surface area contributed by atoms with Crippen LogP contribution in [0.3, 0.4) is 0 Å². The van der Waals surface area contributed by atoms with E-state index in [-0.39, 0.29) is 56.4 Å². The van der Waals surface area contributed by atoms with Crippen LogP contribution >= 0.6 is 12.6 Å². The molecule has 0 radical (unpaired) electrons. The first-order chi connectivity index (χ1) is 28.5. The van der Waals surface area contributed by atoms with E-state index in [1.165, 1.54) is 0 Å². The highest BCUT2D eigenvalue weighted by atomic mass is 32.1. The molecule has 6 amide bonds. The third-order valence-corrected chi connectivity index (χ3v) is 9.33. The molecule has 2 rings (SSSR count). The number of thiol groups is 1. The van der Waals surface area contributed by atoms with Gasteiger partial charge in [0, 0.05) is 31.7 Å². The molecular weight excluding hydrogens is 807 g/mol. The largest absolute Gasteiger partial charge is 0.481 e. The van der Waals surface area contributed by atoms with E-state index >= 15 is 0 Å². The summed E-state index contributed by atoms with van der Waals surface area (Å²) in [6.07, 6.45) is 0.908. The van der Waals surface area contributed by atoms with Gasteiger partial charge in [-0.1, -0.05) is 30.3 Å². The minimum absolute atomic E-state index is 0.0552. The highest BCUT2D eigenvalue weighted by Gasteiger charge is 2.33. The molecule has 0 saturated carbocycles. The maximum atomic E-state index is 14.0. The number of nitrogens with one attached hydrogen (secondary N) is 7. The van der Waals surface area contributed by atoms with Crippen molar-refractivity contribution in [2.75, 3.05) is 31.9 Å². The van der Waals surface area contributed by atoms with Gasteiger partial charge in [0.15, 0.2) is 11.9 Å². The van der Waals surface area contributed by atoms with Crippen molar-refractivity contribution in [2.24, 2.45) is 32.9 Å². The summed E-state index contributed by atoms with van der Waals surface area (Å²) >= 11 is 4.27. The monoisotopic (exact) mass is 863 g/mol. The molecule has 24 heteroatoms. The number of aliphatic carboxylic acids is 2. The Labute approximate surface area is 351 Å². The van der Waals surface area contributed by atoms with Crippen molar-refractivity contribution in [1.82, 2.24) is 37.2 Å². The fourth-order valence-electron chi connectivity index (χ4n) is 5.86. The van der Waals surface area contributed by atoms with Crippen LogP contribution in [0.1, 0.15) is 56.9 Å². The van der Waals surface area contributed by atoms with E-state index in [1.54, 1.807) is 30.3 Å². The number of aliphatic imine (C=N–C) groups is 2. The van der Waals surface area contributed by atoms with Gasteiger partial charge in [-0.3, -0.25) is 43.5 Å². The maximum Gasteiger partial charge on any atom is 0.326 e. The van der Waals surface area contributed by atoms with Crippen LogP contribution in [0.5, 0.6) is 0 Å². The minimum atomic E-state index is -1.54. The van der Waals surface area contributed by atoms with Gasteiger partial charge in [-0.15, -0.1) is 0 Å². The lowest BCUT2D eigenvalue weighted by Crippen LogP contribution is -2.59. The van der Waals surface area contributed by atoms with Crippen LogP contribution in [-0.2, 0) is 44.8 Å². The summed E-state index contributed by atoms with van der Waals surface area (Å²) in [6, 6.07) is 1.54. The van der Waals surface area contributed by atoms with Gasteiger partial charge in [-0.05, 0) is 57.1 Å². The Morgan fingerprint density at radius 1 is 0.717 bits per heavy atom. The van der Waals surface area contributed by atoms with Gasteiger partial charge in [-0.2, -0.15) is 12.6 Å². The average molecular weight is 864 g/mol. The van der Waals surface area contributed by atoms with Gasteiger partial charge < -0.3 is 70.4 Å². The fourth-order valence-corrected chi connectivity index (χ4v) is 6.11. The average Bonchev–Trinajstić information content (AvgIpc) is 3.75. The Bertz CT molecular complexity index is 1690. The zero-order chi connectivity index (χ0) is 44.6. The number of benzene rings is 1. The summed E-state index contributed by atoms with van der Waals surface area (Å²) in [5, 5.41) is 36.4. The summed E-state index contributed by atoms with van der Waals surface area (Å²) < 4.78 is 0. The zero-order valence-electron chi connectivity index (χ0n) is 33.1. The van der Waals surface area contributed by atoms with Crippen LogP contribution in [-0.4, -0.2) is 138 Å². The van der Waals surface area contributed by atoms with E-state index in [4.69, 9.17) is 28.0 Å². The smallest absolute Gasteiger partial charge is 0.326 e. The third kappa shape index (κ3) is 19.5. The maximum absolute atomic E-state index is 14.0. The van der Waals surface area contributed by atoms with Gasteiger partial charge in [0.1, 0.15) is 30.2 Å². The molecule has 1 fully saturated rings. The molecule has 0 aliphatic carbocycles. The Kier molecular flexibility index (Phi) is 22.3. The second-order valence-electron chi connectivity index (χ2n) is 13.8. The molecule has 1 aromatic rings. The van der Waals surface area contributed by atoms with Crippen molar-refractivity contribution in [2.45, 2.75) is 94.0 Å². The highest BCUT2D eigenvalue weighted by molar-refractivity contribution is 7.80. The van der Waals surface area contributed by atoms with Gasteiger partial charge in [-0.25, -0.2) is 4.79 Å². The van der Waals surface area contributed by atoms with Gasteiger partial charge >= 0.3 is 11.9 Å². The topological polar surface area (TPSA) is 390 Å². The number of nitrogens with two attached hydrogens (primary N) is 4. The van der Waals surface area contributed by atoms with E-state index in [0.717, 1.165) is 6.42 Å². The Morgan fingerprint density at radius 2 is 1.27 bits per heavy atom. The molecule has 1 aliphatic heterocycles. The van der Waals surface area contributed by atoms with Crippen LogP contribution in [0.15, 0.2) is 40.3 Å². The molecule has 0 aromatic heterocycles. The van der Waals surface area contributed by atoms with E-state index in [0.29, 0.717) is 24.9 Å². The van der Waals surface area contributed by atoms with Gasteiger partial charge in [0.05, 0.1) is 12.6 Å². The number of carboxylic acids is 2. The summed E-state index contributed by atoms with van der Waals surface area (Å²) in [7, 11) is 0. The van der Waals surface area contributed by atoms with E-state index < -0.39 is 103 Å². The number of carbonyl (C=O) groups excluding carboxylic acids is 6. The number of hydrogen-bond donors (Lipinski definition) is 14. The van der Waals surface area contributed by atoms with Crippen molar-refractivity contribution in [3.8, 4) is 0 Å². The highest BCUT2D eigenvalue weighted by Crippen LogP contribution is 2.09. The number of hydrogen-bond acceptors (Lipinski definition) is 12. The predicted octanol–water partition coefficient (Wildman–Crippen LogP) is -4.49. The summed E-state index contributed by atoms with van der Waals surface area (Å²) in [4.78, 5) is 110. The number of guanidine groups is 2. The Hall–Kier alpha value is -6.17. The normalized spacial score (nSPS) is 15.7. The first-order valence-electron chi connectivity index (χ1n) is 19.2. The lowest BCUT2D eigenvalue weighted by atomic mass is 10.0. The first-order valence-corrected chi connectivity index (χ1v) is 19.9. The van der Waals surface area contributed by atoms with Crippen LogP contribution in [0.4, 0.5) is 0 Å². The number of rotatable bonds is 27. The van der Waals surface area contributed by atoms with E-state index in [9.17, 15) is 43.5 Å². The van der Waals surface area contributed by atoms with Crippen molar-refractivity contribution < 1.29 is 48.6 Å². The molecule has 332 valence electrons. The molecule has 0 spiro atoms. The number of carboxylic acid groups (broad SMARTS) is 2. The van der Waals surface area contributed by atoms with Gasteiger partial charge in [0.2, 0.25) is 35.4 Å². The Balaban J connectivity index is 2.27. The molecular formula is C36H57N13O10S. The molecule has 6 atom stereocenters. The molecule has 23 nitrogen and oxygen atoms in total. The molecule has 1 aromatic carbocycles. The number of carbonyl (C=O) groups is 8. The van der Waals surface area contributed by atoms with Crippen LogP contribution in [0, 0.1) is 0 Å². The summed E-state index contributed by atoms with van der Waals surface area (Å²) in [6.45, 7) is 0.159. The lowest BCUT2D eigenvalue weighted by molar-refractivity contribution is -0.143. The van der Waals surface area contributed by atoms with Crippen LogP contribution < -0.4 is 60.2 Å². The van der Waals surface area contributed by atoms with E-state index in [2.05, 4.69) is 59.8 Å². The minimum Gasteiger partial charge on any atom is -0.481 e. The van der Waals surface area contributed by atoms with Crippen molar-refractivity contribution >= 4 is 71.9 Å². The van der Waals surface area contributed by atoms with Crippen molar-refractivity contribution in [1.29, 1.82) is 0 Å². The molecule has 0 bridgehead atoms. The predicted molar refractivity (Wildman–Crippen MR) is 222 cm³/mol. The first kappa shape index (κ1) is 50.0. The third-order valence-electron chi connectivity index (χ3n) is 8.97. The lowest BCUT2D eigenvalue weighted by Gasteiger charge is -2.26. The quantitative estimate of drug-likeness (QED) is 0.0172. The summed E-state index contributed by atoms with van der Waals surface area (Å²) in [5.74, 6) is -7.82. The van der Waals surface area contributed by atoms with Crippen LogP contribution in [0.25, 0.3) is 0 Å². The second kappa shape index (κ2) is 26.8. The summed E-state index contributed by atoms with van der Waals surface area (Å²) in [5.41, 5.74) is 22.3. The van der Waals surface area contributed by atoms with E-state index in [1.807, 2.05) is 0 Å². The second-order valence-corrected chi connectivity index (χ2v) is 14.1. The SMILES string of the molecule is NC(N)=NCCC[C@H](NC(=O)[C@H](Cc1ccccc1)NC(=O)[C@@H](CS)NC(=O)[C@H](CCCN=C(N)N)NC(=O)[C@@H]1CCCN1)C(=O)NCC(=O)N[C@@H](CCC(=O)O)C(=O)O. The molecule has 1 heterocycles. The number of amides is 6. The van der Waals surface area contributed by atoms with Crippen LogP contribution in [0.2, 0.25) is 0 Å².